The van der Waals surface area contributed by atoms with E-state index >= 15 is 0 Å². The number of halogens is 1. The summed E-state index contributed by atoms with van der Waals surface area (Å²) in [5.74, 6) is 0.403. The number of rotatable bonds is 4. The summed E-state index contributed by atoms with van der Waals surface area (Å²) < 4.78 is 12.9. The number of urea groups is 1. The first-order valence-corrected chi connectivity index (χ1v) is 9.20. The normalized spacial score (nSPS) is 14.7. The van der Waals surface area contributed by atoms with E-state index in [1.54, 1.807) is 36.4 Å². The molecule has 0 bridgehead atoms. The smallest absolute Gasteiger partial charge is 0.319 e. The predicted octanol–water partition coefficient (Wildman–Crippen LogP) is 4.02. The van der Waals surface area contributed by atoms with E-state index in [2.05, 4.69) is 17.6 Å². The van der Waals surface area contributed by atoms with Crippen molar-refractivity contribution in [2.24, 2.45) is 5.92 Å². The van der Waals surface area contributed by atoms with Crippen molar-refractivity contribution in [1.29, 1.82) is 0 Å². The van der Waals surface area contributed by atoms with Gasteiger partial charge in [-0.05, 0) is 60.7 Å². The number of benzene rings is 2. The molecule has 0 aromatic heterocycles. The number of amides is 3. The van der Waals surface area contributed by atoms with Crippen LogP contribution in [0.25, 0.3) is 0 Å². The fourth-order valence-corrected chi connectivity index (χ4v) is 3.05. The molecular formula is C21H24FN3O2. The highest BCUT2D eigenvalue weighted by molar-refractivity contribution is 5.95. The summed E-state index contributed by atoms with van der Waals surface area (Å²) in [7, 11) is 0. The summed E-state index contributed by atoms with van der Waals surface area (Å²) in [6, 6.07) is 12.5. The van der Waals surface area contributed by atoms with Crippen LogP contribution in [0.15, 0.2) is 48.5 Å². The fourth-order valence-electron chi connectivity index (χ4n) is 3.05. The molecule has 0 saturated carbocycles. The molecule has 1 aliphatic heterocycles. The maximum Gasteiger partial charge on any atom is 0.319 e. The van der Waals surface area contributed by atoms with Gasteiger partial charge in [-0.2, -0.15) is 0 Å². The van der Waals surface area contributed by atoms with Crippen molar-refractivity contribution in [2.45, 2.75) is 26.3 Å². The van der Waals surface area contributed by atoms with Gasteiger partial charge in [-0.3, -0.25) is 4.79 Å². The molecule has 5 nitrogen and oxygen atoms in total. The van der Waals surface area contributed by atoms with Gasteiger partial charge in [0.25, 0.3) is 5.91 Å². The summed E-state index contributed by atoms with van der Waals surface area (Å²) in [6.45, 7) is 4.11. The maximum atomic E-state index is 12.9. The molecule has 3 rings (SSSR count). The third kappa shape index (κ3) is 5.29. The Morgan fingerprint density at radius 1 is 1.04 bits per heavy atom. The second kappa shape index (κ2) is 8.66. The average Bonchev–Trinajstić information content (AvgIpc) is 2.68. The number of piperidine rings is 1. The van der Waals surface area contributed by atoms with Crippen LogP contribution < -0.4 is 10.6 Å². The third-order valence-corrected chi connectivity index (χ3v) is 4.83. The molecule has 0 atom stereocenters. The van der Waals surface area contributed by atoms with E-state index in [-0.39, 0.29) is 17.8 Å². The highest BCUT2D eigenvalue weighted by Crippen LogP contribution is 2.19. The first-order chi connectivity index (χ1) is 13.0. The van der Waals surface area contributed by atoms with Gasteiger partial charge in [0, 0.05) is 30.9 Å². The Morgan fingerprint density at radius 2 is 1.67 bits per heavy atom. The molecule has 27 heavy (non-hydrogen) atoms. The first-order valence-electron chi connectivity index (χ1n) is 9.20. The number of hydrogen-bond donors (Lipinski definition) is 2. The van der Waals surface area contributed by atoms with Crippen molar-refractivity contribution in [3.63, 3.8) is 0 Å². The molecule has 2 aromatic rings. The van der Waals surface area contributed by atoms with Gasteiger partial charge in [0.2, 0.25) is 0 Å². The highest BCUT2D eigenvalue weighted by atomic mass is 19.1. The zero-order valence-electron chi connectivity index (χ0n) is 15.4. The minimum Gasteiger partial charge on any atom is -0.339 e. The molecule has 3 amide bonds. The molecule has 2 aromatic carbocycles. The van der Waals surface area contributed by atoms with Crippen LogP contribution in [-0.2, 0) is 6.54 Å². The number of carbonyl (C=O) groups is 2. The van der Waals surface area contributed by atoms with Gasteiger partial charge < -0.3 is 15.5 Å². The molecule has 1 aliphatic rings. The van der Waals surface area contributed by atoms with Gasteiger partial charge in [-0.25, -0.2) is 9.18 Å². The summed E-state index contributed by atoms with van der Waals surface area (Å²) in [6.07, 6.45) is 2.08. The van der Waals surface area contributed by atoms with Crippen LogP contribution in [0.2, 0.25) is 0 Å². The lowest BCUT2D eigenvalue weighted by Gasteiger charge is -2.30. The fraction of sp³-hybridized carbons (Fsp3) is 0.333. The minimum atomic E-state index is -0.358. The van der Waals surface area contributed by atoms with Crippen LogP contribution in [0.5, 0.6) is 0 Å². The van der Waals surface area contributed by atoms with Crippen LogP contribution in [0.3, 0.4) is 0 Å². The van der Waals surface area contributed by atoms with Gasteiger partial charge in [0.1, 0.15) is 5.82 Å². The van der Waals surface area contributed by atoms with Crippen LogP contribution in [0.1, 0.15) is 35.7 Å². The molecule has 1 heterocycles. The molecule has 0 radical (unpaired) electrons. The predicted molar refractivity (Wildman–Crippen MR) is 103 cm³/mol. The van der Waals surface area contributed by atoms with Crippen molar-refractivity contribution in [1.82, 2.24) is 10.2 Å². The topological polar surface area (TPSA) is 61.4 Å². The van der Waals surface area contributed by atoms with Gasteiger partial charge in [0.05, 0.1) is 0 Å². The lowest BCUT2D eigenvalue weighted by Crippen LogP contribution is -2.37. The quantitative estimate of drug-likeness (QED) is 0.855. The molecular weight excluding hydrogens is 345 g/mol. The monoisotopic (exact) mass is 369 g/mol. The van der Waals surface area contributed by atoms with Crippen LogP contribution >= 0.6 is 0 Å². The van der Waals surface area contributed by atoms with E-state index in [0.717, 1.165) is 31.5 Å². The van der Waals surface area contributed by atoms with Crippen molar-refractivity contribution in [3.8, 4) is 0 Å². The largest absolute Gasteiger partial charge is 0.339 e. The number of nitrogens with one attached hydrogen (secondary N) is 2. The Morgan fingerprint density at radius 3 is 2.30 bits per heavy atom. The van der Waals surface area contributed by atoms with Gasteiger partial charge >= 0.3 is 6.03 Å². The maximum absolute atomic E-state index is 12.9. The lowest BCUT2D eigenvalue weighted by molar-refractivity contribution is 0.0697. The lowest BCUT2D eigenvalue weighted by atomic mass is 9.98. The number of carbonyl (C=O) groups excluding carboxylic acids is 2. The molecule has 2 N–H and O–H groups in total. The van der Waals surface area contributed by atoms with Crippen LogP contribution in [0, 0.1) is 11.7 Å². The zero-order chi connectivity index (χ0) is 19.2. The number of hydrogen-bond acceptors (Lipinski definition) is 2. The van der Waals surface area contributed by atoms with E-state index in [0.29, 0.717) is 23.7 Å². The van der Waals surface area contributed by atoms with E-state index in [1.807, 2.05) is 4.90 Å². The minimum absolute atomic E-state index is 0.0363. The SMILES string of the molecule is CC1CCN(C(=O)c2ccc(NC(=O)NCc3ccc(F)cc3)cc2)CC1. The standard InChI is InChI=1S/C21H24FN3O2/c1-15-10-12-25(13-11-15)20(26)17-4-8-19(9-5-17)24-21(27)23-14-16-2-6-18(22)7-3-16/h2-9,15H,10-14H2,1H3,(H2,23,24,27). The van der Waals surface area contributed by atoms with Crippen molar-refractivity contribution >= 4 is 17.6 Å². The van der Waals surface area contributed by atoms with Crippen molar-refractivity contribution in [2.75, 3.05) is 18.4 Å². The van der Waals surface area contributed by atoms with E-state index in [4.69, 9.17) is 0 Å². The molecule has 0 unspecified atom stereocenters. The Bertz CT molecular complexity index is 782. The van der Waals surface area contributed by atoms with Gasteiger partial charge in [-0.1, -0.05) is 19.1 Å². The third-order valence-electron chi connectivity index (χ3n) is 4.83. The van der Waals surface area contributed by atoms with Crippen molar-refractivity contribution < 1.29 is 14.0 Å². The van der Waals surface area contributed by atoms with Gasteiger partial charge in [-0.15, -0.1) is 0 Å². The van der Waals surface area contributed by atoms with Crippen molar-refractivity contribution in [3.05, 3.63) is 65.5 Å². The Labute approximate surface area is 158 Å². The first kappa shape index (κ1) is 18.9. The zero-order valence-corrected chi connectivity index (χ0v) is 15.4. The Hall–Kier alpha value is -2.89. The molecule has 0 aliphatic carbocycles. The Kier molecular flexibility index (Phi) is 6.06. The Balaban J connectivity index is 1.50. The molecule has 1 saturated heterocycles. The number of likely N-dealkylation sites (tertiary alicyclic amines) is 1. The molecule has 6 heteroatoms. The number of anilines is 1. The molecule has 142 valence electrons. The molecule has 1 fully saturated rings. The number of nitrogens with zero attached hydrogens (tertiary/aromatic N) is 1. The van der Waals surface area contributed by atoms with E-state index in [9.17, 15) is 14.0 Å². The second-order valence-corrected chi connectivity index (χ2v) is 6.99. The second-order valence-electron chi connectivity index (χ2n) is 6.99. The highest BCUT2D eigenvalue weighted by Gasteiger charge is 2.21. The van der Waals surface area contributed by atoms with Crippen LogP contribution in [-0.4, -0.2) is 29.9 Å². The summed E-state index contributed by atoms with van der Waals surface area (Å²) in [5, 5.41) is 5.44. The average molecular weight is 369 g/mol. The molecule has 0 spiro atoms. The summed E-state index contributed by atoms with van der Waals surface area (Å²) in [4.78, 5) is 26.4. The van der Waals surface area contributed by atoms with Gasteiger partial charge in [0.15, 0.2) is 0 Å². The van der Waals surface area contributed by atoms with E-state index < -0.39 is 0 Å². The summed E-state index contributed by atoms with van der Waals surface area (Å²) >= 11 is 0. The van der Waals surface area contributed by atoms with Crippen LogP contribution in [0.4, 0.5) is 14.9 Å². The van der Waals surface area contributed by atoms with E-state index in [1.165, 1.54) is 12.1 Å². The summed E-state index contributed by atoms with van der Waals surface area (Å²) in [5.41, 5.74) is 2.04.